The molecule has 1 atom stereocenters. The third-order valence-electron chi connectivity index (χ3n) is 4.60. The average molecular weight is 353 g/mol. The summed E-state index contributed by atoms with van der Waals surface area (Å²) in [5.74, 6) is 0.880. The molecule has 1 aromatic carbocycles. The van der Waals surface area contributed by atoms with Gasteiger partial charge in [-0.3, -0.25) is 9.89 Å². The molecule has 0 saturated carbocycles. The monoisotopic (exact) mass is 353 g/mol. The Labute approximate surface area is 150 Å². The number of fused-ring (bicyclic) bond motifs is 1. The van der Waals surface area contributed by atoms with E-state index in [2.05, 4.69) is 31.7 Å². The fourth-order valence-electron chi connectivity index (χ4n) is 3.28. The van der Waals surface area contributed by atoms with Crippen molar-refractivity contribution in [2.24, 2.45) is 0 Å². The predicted molar refractivity (Wildman–Crippen MR) is 92.3 cm³/mol. The Bertz CT molecular complexity index is 946. The van der Waals surface area contributed by atoms with Crippen molar-refractivity contribution in [3.63, 3.8) is 0 Å². The lowest BCUT2D eigenvalue weighted by Crippen LogP contribution is -2.27. The normalized spacial score (nSPS) is 15.8. The van der Waals surface area contributed by atoms with Gasteiger partial charge in [-0.25, -0.2) is 0 Å². The molecule has 1 aliphatic carbocycles. The van der Waals surface area contributed by atoms with Crippen LogP contribution in [0.15, 0.2) is 28.9 Å². The first-order valence-electron chi connectivity index (χ1n) is 8.41. The molecule has 0 saturated heterocycles. The number of H-pyrrole nitrogens is 1. The molecule has 2 heterocycles. The van der Waals surface area contributed by atoms with Gasteiger partial charge in [-0.05, 0) is 37.0 Å². The minimum Gasteiger partial charge on any atom is -0.375 e. The second-order valence-electron chi connectivity index (χ2n) is 6.31. The molecule has 2 aromatic heterocycles. The van der Waals surface area contributed by atoms with Gasteiger partial charge in [0.1, 0.15) is 6.61 Å². The van der Waals surface area contributed by atoms with E-state index in [0.29, 0.717) is 29.6 Å². The number of nitrogens with one attached hydrogen (secondary N) is 2. The number of aryl methyl sites for hydroxylation is 2. The van der Waals surface area contributed by atoms with Crippen LogP contribution < -0.4 is 5.32 Å². The standard InChI is InChI=1S/C18H19N5O3/c1-10-14(8-19-22-10)18(24)20-15-6-4-11-7-12(3-5-13(11)15)17-21-16(9-25-2)26-23-17/h3,5,7-8,15H,4,6,9H2,1-2H3,(H,19,22)(H,20,24). The van der Waals surface area contributed by atoms with E-state index in [9.17, 15) is 4.79 Å². The van der Waals surface area contributed by atoms with Gasteiger partial charge < -0.3 is 14.6 Å². The van der Waals surface area contributed by atoms with Crippen molar-refractivity contribution in [3.05, 3.63) is 52.7 Å². The van der Waals surface area contributed by atoms with Crippen LogP contribution in [-0.2, 0) is 17.8 Å². The molecule has 26 heavy (non-hydrogen) atoms. The summed E-state index contributed by atoms with van der Waals surface area (Å²) in [4.78, 5) is 16.8. The fraction of sp³-hybridized carbons (Fsp3) is 0.333. The first-order valence-corrected chi connectivity index (χ1v) is 8.41. The number of aromatic nitrogens is 4. The van der Waals surface area contributed by atoms with Crippen molar-refractivity contribution in [3.8, 4) is 11.4 Å². The fourth-order valence-corrected chi connectivity index (χ4v) is 3.28. The number of amides is 1. The van der Waals surface area contributed by atoms with E-state index in [1.807, 2.05) is 19.1 Å². The van der Waals surface area contributed by atoms with Gasteiger partial charge >= 0.3 is 0 Å². The Morgan fingerprint density at radius 1 is 1.46 bits per heavy atom. The van der Waals surface area contributed by atoms with Crippen molar-refractivity contribution in [1.82, 2.24) is 25.7 Å². The lowest BCUT2D eigenvalue weighted by atomic mass is 10.0. The molecule has 1 amide bonds. The molecule has 3 aromatic rings. The molecular weight excluding hydrogens is 334 g/mol. The number of nitrogens with zero attached hydrogens (tertiary/aromatic N) is 3. The molecule has 134 valence electrons. The van der Waals surface area contributed by atoms with Crippen molar-refractivity contribution in [2.45, 2.75) is 32.4 Å². The summed E-state index contributed by atoms with van der Waals surface area (Å²) in [6.45, 7) is 2.10. The summed E-state index contributed by atoms with van der Waals surface area (Å²) in [5.41, 5.74) is 4.48. The van der Waals surface area contributed by atoms with Gasteiger partial charge in [0.05, 0.1) is 17.3 Å². The van der Waals surface area contributed by atoms with Crippen LogP contribution in [0.2, 0.25) is 0 Å². The number of carbonyl (C=O) groups is 1. The number of carbonyl (C=O) groups excluding carboxylic acids is 1. The number of hydrogen-bond acceptors (Lipinski definition) is 6. The van der Waals surface area contributed by atoms with Gasteiger partial charge in [0.25, 0.3) is 11.8 Å². The molecule has 4 rings (SSSR count). The van der Waals surface area contributed by atoms with E-state index in [1.54, 1.807) is 13.3 Å². The Hall–Kier alpha value is -3.00. The van der Waals surface area contributed by atoms with Crippen molar-refractivity contribution < 1.29 is 14.1 Å². The Kier molecular flexibility index (Phi) is 4.26. The van der Waals surface area contributed by atoms with E-state index in [-0.39, 0.29) is 11.9 Å². The summed E-state index contributed by atoms with van der Waals surface area (Å²) < 4.78 is 10.2. The smallest absolute Gasteiger partial charge is 0.255 e. The van der Waals surface area contributed by atoms with E-state index in [4.69, 9.17) is 9.26 Å². The summed E-state index contributed by atoms with van der Waals surface area (Å²) in [5, 5.41) is 13.8. The third kappa shape index (κ3) is 2.99. The van der Waals surface area contributed by atoms with E-state index in [1.165, 1.54) is 5.56 Å². The van der Waals surface area contributed by atoms with Crippen LogP contribution in [-0.4, -0.2) is 33.4 Å². The van der Waals surface area contributed by atoms with Gasteiger partial charge in [-0.1, -0.05) is 17.3 Å². The van der Waals surface area contributed by atoms with Crippen molar-refractivity contribution in [2.75, 3.05) is 7.11 Å². The SMILES string of the molecule is COCc1nc(-c2ccc3c(c2)CCC3NC(=O)c2c[nH]nc2C)no1. The van der Waals surface area contributed by atoms with Gasteiger partial charge in [0.15, 0.2) is 0 Å². The molecule has 0 bridgehead atoms. The zero-order valence-corrected chi connectivity index (χ0v) is 14.6. The highest BCUT2D eigenvalue weighted by Gasteiger charge is 2.26. The third-order valence-corrected chi connectivity index (χ3v) is 4.60. The number of ether oxygens (including phenoxy) is 1. The highest BCUT2D eigenvalue weighted by Crippen LogP contribution is 2.34. The molecule has 0 fully saturated rings. The number of benzene rings is 1. The highest BCUT2D eigenvalue weighted by atomic mass is 16.5. The summed E-state index contributed by atoms with van der Waals surface area (Å²) in [6.07, 6.45) is 3.38. The Morgan fingerprint density at radius 3 is 3.12 bits per heavy atom. The zero-order valence-electron chi connectivity index (χ0n) is 14.6. The molecule has 0 spiro atoms. The minimum atomic E-state index is -0.111. The van der Waals surface area contributed by atoms with Gasteiger partial charge in [-0.2, -0.15) is 10.1 Å². The quantitative estimate of drug-likeness (QED) is 0.729. The molecule has 0 radical (unpaired) electrons. The van der Waals surface area contributed by atoms with E-state index in [0.717, 1.165) is 24.0 Å². The summed E-state index contributed by atoms with van der Waals surface area (Å²) in [7, 11) is 1.58. The predicted octanol–water partition coefficient (Wildman–Crippen LogP) is 2.33. The highest BCUT2D eigenvalue weighted by molar-refractivity contribution is 5.95. The molecule has 0 aliphatic heterocycles. The van der Waals surface area contributed by atoms with Crippen LogP contribution >= 0.6 is 0 Å². The van der Waals surface area contributed by atoms with Crippen LogP contribution in [0.4, 0.5) is 0 Å². The first-order chi connectivity index (χ1) is 12.7. The summed E-state index contributed by atoms with van der Waals surface area (Å²) >= 11 is 0. The molecule has 8 heteroatoms. The lowest BCUT2D eigenvalue weighted by Gasteiger charge is -2.14. The number of aromatic amines is 1. The van der Waals surface area contributed by atoms with Crippen LogP contribution in [0, 0.1) is 6.92 Å². The molecule has 8 nitrogen and oxygen atoms in total. The summed E-state index contributed by atoms with van der Waals surface area (Å²) in [6, 6.07) is 6.03. The van der Waals surface area contributed by atoms with Crippen molar-refractivity contribution >= 4 is 5.91 Å². The van der Waals surface area contributed by atoms with Crippen molar-refractivity contribution in [1.29, 1.82) is 0 Å². The molecule has 2 N–H and O–H groups in total. The topological polar surface area (TPSA) is 106 Å². The largest absolute Gasteiger partial charge is 0.375 e. The number of methoxy groups -OCH3 is 1. The van der Waals surface area contributed by atoms with Gasteiger partial charge in [-0.15, -0.1) is 0 Å². The lowest BCUT2D eigenvalue weighted by molar-refractivity contribution is 0.0936. The molecular formula is C18H19N5O3. The van der Waals surface area contributed by atoms with E-state index < -0.39 is 0 Å². The zero-order chi connectivity index (χ0) is 18.1. The Morgan fingerprint density at radius 2 is 2.35 bits per heavy atom. The van der Waals surface area contributed by atoms with Gasteiger partial charge in [0.2, 0.25) is 5.82 Å². The first kappa shape index (κ1) is 16.5. The minimum absolute atomic E-state index is 0.00447. The maximum absolute atomic E-state index is 12.4. The second-order valence-corrected chi connectivity index (χ2v) is 6.31. The second kappa shape index (κ2) is 6.72. The maximum atomic E-state index is 12.4. The number of rotatable bonds is 5. The van der Waals surface area contributed by atoms with Crippen LogP contribution in [0.5, 0.6) is 0 Å². The van der Waals surface area contributed by atoms with Crippen LogP contribution in [0.3, 0.4) is 0 Å². The Balaban J connectivity index is 1.52. The molecule has 1 aliphatic rings. The van der Waals surface area contributed by atoms with Gasteiger partial charge in [0, 0.05) is 18.9 Å². The van der Waals surface area contributed by atoms with Crippen LogP contribution in [0.1, 0.15) is 45.5 Å². The average Bonchev–Trinajstić information content (AvgIpc) is 3.35. The molecule has 1 unspecified atom stereocenters. The van der Waals surface area contributed by atoms with E-state index >= 15 is 0 Å². The van der Waals surface area contributed by atoms with Crippen LogP contribution in [0.25, 0.3) is 11.4 Å². The number of hydrogen-bond donors (Lipinski definition) is 2. The maximum Gasteiger partial charge on any atom is 0.255 e.